The van der Waals surface area contributed by atoms with Crippen molar-refractivity contribution in [3.63, 3.8) is 0 Å². The summed E-state index contributed by atoms with van der Waals surface area (Å²) in [5.41, 5.74) is 2.79. The third-order valence-corrected chi connectivity index (χ3v) is 6.91. The van der Waals surface area contributed by atoms with Gasteiger partial charge in [0.1, 0.15) is 0 Å². The van der Waals surface area contributed by atoms with Crippen LogP contribution in [0.2, 0.25) is 10.0 Å². The second-order valence-corrected chi connectivity index (χ2v) is 8.85. The number of likely N-dealkylation sites (N-methyl/N-ethyl adjacent to an activating group) is 1. The summed E-state index contributed by atoms with van der Waals surface area (Å²) in [7, 11) is 1.81. The van der Waals surface area contributed by atoms with Gasteiger partial charge in [-0.3, -0.25) is 19.8 Å². The molecule has 2 aliphatic rings. The highest BCUT2D eigenvalue weighted by Gasteiger charge is 2.41. The van der Waals surface area contributed by atoms with E-state index in [1.165, 1.54) is 12.1 Å². The van der Waals surface area contributed by atoms with Crippen LogP contribution >= 0.6 is 23.2 Å². The number of nitro benzene ring substituents is 1. The molecule has 1 aliphatic carbocycles. The summed E-state index contributed by atoms with van der Waals surface area (Å²) in [6, 6.07) is 10.1. The molecule has 4 rings (SSSR count). The summed E-state index contributed by atoms with van der Waals surface area (Å²) in [5.74, 6) is -0.0800. The summed E-state index contributed by atoms with van der Waals surface area (Å²) in [6.07, 6.45) is 3.25. The van der Waals surface area contributed by atoms with Crippen molar-refractivity contribution in [3.8, 4) is 0 Å². The molecule has 0 aromatic heterocycles. The zero-order chi connectivity index (χ0) is 21.4. The fourth-order valence-electron chi connectivity index (χ4n) is 4.70. The molecule has 1 fully saturated rings. The molecule has 30 heavy (non-hydrogen) atoms. The van der Waals surface area contributed by atoms with Crippen LogP contribution in [0.3, 0.4) is 0 Å². The summed E-state index contributed by atoms with van der Waals surface area (Å²) >= 11 is 12.6. The minimum Gasteiger partial charge on any atom is -0.337 e. The molecule has 2 aromatic carbocycles. The smallest absolute Gasteiger partial charge is 0.269 e. The van der Waals surface area contributed by atoms with E-state index < -0.39 is 4.92 Å². The maximum absolute atomic E-state index is 13.2. The molecule has 1 saturated heterocycles. The van der Waals surface area contributed by atoms with E-state index in [0.717, 1.165) is 43.5 Å². The molecule has 1 amide bonds. The lowest BCUT2D eigenvalue weighted by molar-refractivity contribution is -0.384. The van der Waals surface area contributed by atoms with Gasteiger partial charge in [-0.05, 0) is 61.2 Å². The average Bonchev–Trinajstić information content (AvgIpc) is 3.36. The monoisotopic (exact) mass is 447 g/mol. The fraction of sp³-hybridized carbons (Fsp3) is 0.409. The minimum absolute atomic E-state index is 0.00877. The van der Waals surface area contributed by atoms with Crippen molar-refractivity contribution >= 4 is 34.8 Å². The third kappa shape index (κ3) is 4.04. The van der Waals surface area contributed by atoms with Crippen LogP contribution in [-0.2, 0) is 17.6 Å². The first-order valence-electron chi connectivity index (χ1n) is 10.1. The normalized spacial score (nSPS) is 20.9. The van der Waals surface area contributed by atoms with Crippen molar-refractivity contribution in [3.05, 3.63) is 73.2 Å². The Morgan fingerprint density at radius 1 is 1.20 bits per heavy atom. The van der Waals surface area contributed by atoms with Gasteiger partial charge in [0.15, 0.2) is 0 Å². The molecule has 0 bridgehead atoms. The Morgan fingerprint density at radius 3 is 2.60 bits per heavy atom. The number of non-ortho nitro benzene ring substituents is 1. The first-order chi connectivity index (χ1) is 14.3. The number of rotatable bonds is 5. The van der Waals surface area contributed by atoms with Gasteiger partial charge in [-0.25, -0.2) is 0 Å². The SMILES string of the molecule is CN(C(=O)Cc1cccc([N+](=O)[O-])c1)C1c2cc(Cl)c(Cl)cc2CC1N1CCCC1. The number of amides is 1. The maximum Gasteiger partial charge on any atom is 0.269 e. The van der Waals surface area contributed by atoms with Crippen LogP contribution in [0, 0.1) is 10.1 Å². The van der Waals surface area contributed by atoms with Gasteiger partial charge in [-0.15, -0.1) is 0 Å². The Balaban J connectivity index is 1.62. The first-order valence-corrected chi connectivity index (χ1v) is 10.8. The fourth-order valence-corrected chi connectivity index (χ4v) is 5.06. The molecule has 6 nitrogen and oxygen atoms in total. The van der Waals surface area contributed by atoms with Crippen LogP contribution in [0.15, 0.2) is 36.4 Å². The lowest BCUT2D eigenvalue weighted by Crippen LogP contribution is -2.44. The average molecular weight is 448 g/mol. The molecular weight excluding hydrogens is 425 g/mol. The van der Waals surface area contributed by atoms with Gasteiger partial charge in [0.25, 0.3) is 5.69 Å². The molecule has 2 atom stereocenters. The van der Waals surface area contributed by atoms with E-state index in [-0.39, 0.29) is 30.1 Å². The molecule has 0 N–H and O–H groups in total. The quantitative estimate of drug-likeness (QED) is 0.493. The van der Waals surface area contributed by atoms with E-state index in [2.05, 4.69) is 4.90 Å². The van der Waals surface area contributed by atoms with Crippen LogP contribution < -0.4 is 0 Å². The van der Waals surface area contributed by atoms with E-state index in [1.54, 1.807) is 17.0 Å². The summed E-state index contributed by atoms with van der Waals surface area (Å²) in [4.78, 5) is 28.0. The minimum atomic E-state index is -0.444. The van der Waals surface area contributed by atoms with Gasteiger partial charge in [-0.1, -0.05) is 35.3 Å². The zero-order valence-electron chi connectivity index (χ0n) is 16.7. The Hall–Kier alpha value is -2.15. The lowest BCUT2D eigenvalue weighted by Gasteiger charge is -2.35. The van der Waals surface area contributed by atoms with Crippen LogP contribution in [-0.4, -0.2) is 46.8 Å². The Kier molecular flexibility index (Phi) is 6.00. The van der Waals surface area contributed by atoms with E-state index >= 15 is 0 Å². The van der Waals surface area contributed by atoms with E-state index in [4.69, 9.17) is 23.2 Å². The topological polar surface area (TPSA) is 66.7 Å². The van der Waals surface area contributed by atoms with Crippen molar-refractivity contribution < 1.29 is 9.72 Å². The first kappa shape index (κ1) is 21.1. The molecule has 8 heteroatoms. The van der Waals surface area contributed by atoms with Gasteiger partial charge in [0.05, 0.1) is 27.4 Å². The van der Waals surface area contributed by atoms with Crippen LogP contribution in [0.4, 0.5) is 5.69 Å². The van der Waals surface area contributed by atoms with Crippen molar-refractivity contribution in [1.29, 1.82) is 0 Å². The lowest BCUT2D eigenvalue weighted by atomic mass is 10.0. The summed E-state index contributed by atoms with van der Waals surface area (Å²) < 4.78 is 0. The molecule has 0 radical (unpaired) electrons. The standard InChI is InChI=1S/C22H23Cl2N3O3/c1-25(21(28)10-14-5-4-6-16(9-14)27(29)30)22-17-13-19(24)18(23)11-15(17)12-20(22)26-7-2-3-8-26/h4-6,9,11,13,20,22H,2-3,7-8,10,12H2,1H3. The number of hydrogen-bond acceptors (Lipinski definition) is 4. The highest BCUT2D eigenvalue weighted by Crippen LogP contribution is 2.42. The van der Waals surface area contributed by atoms with E-state index in [0.29, 0.717) is 15.6 Å². The number of fused-ring (bicyclic) bond motifs is 1. The number of carbonyl (C=O) groups excluding carboxylic acids is 1. The number of carbonyl (C=O) groups is 1. The van der Waals surface area contributed by atoms with E-state index in [1.807, 2.05) is 19.2 Å². The van der Waals surface area contributed by atoms with Gasteiger partial charge >= 0.3 is 0 Å². The number of nitro groups is 1. The molecule has 2 unspecified atom stereocenters. The van der Waals surface area contributed by atoms with Gasteiger partial charge in [-0.2, -0.15) is 0 Å². The molecule has 1 aliphatic heterocycles. The molecule has 158 valence electrons. The summed E-state index contributed by atoms with van der Waals surface area (Å²) in [6.45, 7) is 2.03. The highest BCUT2D eigenvalue weighted by atomic mass is 35.5. The highest BCUT2D eigenvalue weighted by molar-refractivity contribution is 6.42. The van der Waals surface area contributed by atoms with Crippen molar-refractivity contribution in [1.82, 2.24) is 9.80 Å². The summed E-state index contributed by atoms with van der Waals surface area (Å²) in [5, 5.41) is 12.1. The molecule has 1 heterocycles. The predicted molar refractivity (Wildman–Crippen MR) is 117 cm³/mol. The second kappa shape index (κ2) is 8.53. The van der Waals surface area contributed by atoms with E-state index in [9.17, 15) is 14.9 Å². The Bertz CT molecular complexity index is 992. The Labute approximate surface area is 185 Å². The van der Waals surface area contributed by atoms with Crippen molar-refractivity contribution in [2.45, 2.75) is 37.8 Å². The van der Waals surface area contributed by atoms with Crippen LogP contribution in [0.25, 0.3) is 0 Å². The van der Waals surface area contributed by atoms with Gasteiger partial charge in [0, 0.05) is 25.2 Å². The predicted octanol–water partition coefficient (Wildman–Crippen LogP) is 4.66. The largest absolute Gasteiger partial charge is 0.337 e. The number of likely N-dealkylation sites (tertiary alicyclic amines) is 1. The molecular formula is C22H23Cl2N3O3. The third-order valence-electron chi connectivity index (χ3n) is 6.19. The number of hydrogen-bond donors (Lipinski definition) is 0. The van der Waals surface area contributed by atoms with Crippen molar-refractivity contribution in [2.24, 2.45) is 0 Å². The molecule has 2 aromatic rings. The van der Waals surface area contributed by atoms with Crippen LogP contribution in [0.1, 0.15) is 35.6 Å². The molecule has 0 saturated carbocycles. The second-order valence-electron chi connectivity index (χ2n) is 8.03. The van der Waals surface area contributed by atoms with Crippen LogP contribution in [0.5, 0.6) is 0 Å². The number of halogens is 2. The Morgan fingerprint density at radius 2 is 1.90 bits per heavy atom. The number of benzene rings is 2. The molecule has 0 spiro atoms. The van der Waals surface area contributed by atoms with Crippen molar-refractivity contribution in [2.75, 3.05) is 20.1 Å². The number of nitrogens with zero attached hydrogens (tertiary/aromatic N) is 3. The van der Waals surface area contributed by atoms with Gasteiger partial charge in [0.2, 0.25) is 5.91 Å². The van der Waals surface area contributed by atoms with Gasteiger partial charge < -0.3 is 4.90 Å². The maximum atomic E-state index is 13.2. The zero-order valence-corrected chi connectivity index (χ0v) is 18.2.